The van der Waals surface area contributed by atoms with Crippen LogP contribution in [-0.2, 0) is 11.3 Å². The highest BCUT2D eigenvalue weighted by atomic mass is 35.5. The molecule has 1 aliphatic heterocycles. The monoisotopic (exact) mass is 424 g/mol. The Morgan fingerprint density at radius 2 is 2.00 bits per heavy atom. The number of aromatic nitrogens is 2. The van der Waals surface area contributed by atoms with Crippen LogP contribution in [0.15, 0.2) is 47.3 Å². The lowest BCUT2D eigenvalue weighted by atomic mass is 10.00. The Hall–Kier alpha value is -2.86. The molecule has 4 rings (SSSR count). The quantitative estimate of drug-likeness (QED) is 0.680. The molecule has 1 amide bonds. The van der Waals surface area contributed by atoms with Gasteiger partial charge in [0.25, 0.3) is 5.56 Å². The maximum absolute atomic E-state index is 13.0. The summed E-state index contributed by atoms with van der Waals surface area (Å²) in [6, 6.07) is 12.8. The van der Waals surface area contributed by atoms with Gasteiger partial charge in [0, 0.05) is 29.2 Å². The van der Waals surface area contributed by atoms with Gasteiger partial charge in [-0.3, -0.25) is 9.59 Å². The van der Waals surface area contributed by atoms with E-state index >= 15 is 0 Å². The van der Waals surface area contributed by atoms with E-state index in [-0.39, 0.29) is 18.0 Å². The van der Waals surface area contributed by atoms with Crippen LogP contribution in [0.1, 0.15) is 25.3 Å². The van der Waals surface area contributed by atoms with E-state index in [1.54, 1.807) is 18.2 Å². The highest BCUT2D eigenvalue weighted by Crippen LogP contribution is 2.27. The van der Waals surface area contributed by atoms with Gasteiger partial charge in [-0.25, -0.2) is 4.68 Å². The summed E-state index contributed by atoms with van der Waals surface area (Å²) < 4.78 is 1.27. The molecule has 1 aromatic heterocycles. The first-order valence-corrected chi connectivity index (χ1v) is 10.6. The number of hydrogen-bond acceptors (Lipinski definition) is 4. The Balaban J connectivity index is 1.66. The molecule has 7 heteroatoms. The zero-order valence-electron chi connectivity index (χ0n) is 17.2. The number of nitrogens with one attached hydrogen (secondary N) is 1. The smallest absolute Gasteiger partial charge is 0.275 e. The van der Waals surface area contributed by atoms with Crippen molar-refractivity contribution in [1.82, 2.24) is 9.78 Å². The van der Waals surface area contributed by atoms with Crippen LogP contribution in [0, 0.1) is 12.8 Å². The molecule has 156 valence electrons. The molecule has 1 N–H and O–H groups in total. The summed E-state index contributed by atoms with van der Waals surface area (Å²) in [4.78, 5) is 27.9. The fourth-order valence-electron chi connectivity index (χ4n) is 3.95. The predicted molar refractivity (Wildman–Crippen MR) is 121 cm³/mol. The van der Waals surface area contributed by atoms with Crippen molar-refractivity contribution in [3.05, 3.63) is 63.4 Å². The summed E-state index contributed by atoms with van der Waals surface area (Å²) in [6.07, 6.45) is 2.28. The lowest BCUT2D eigenvalue weighted by Gasteiger charge is -2.32. The van der Waals surface area contributed by atoms with Gasteiger partial charge >= 0.3 is 0 Å². The van der Waals surface area contributed by atoms with Crippen molar-refractivity contribution in [1.29, 1.82) is 0 Å². The molecule has 0 spiro atoms. The summed E-state index contributed by atoms with van der Waals surface area (Å²) in [5.74, 6) is 1.01. The third-order valence-corrected chi connectivity index (χ3v) is 5.96. The minimum absolute atomic E-state index is 0.161. The lowest BCUT2D eigenvalue weighted by molar-refractivity contribution is -0.117. The fourth-order valence-corrected chi connectivity index (χ4v) is 4.13. The van der Waals surface area contributed by atoms with Crippen LogP contribution in [0.25, 0.3) is 10.8 Å². The molecule has 2 heterocycles. The molecule has 1 unspecified atom stereocenters. The first kappa shape index (κ1) is 20.4. The average molecular weight is 425 g/mol. The molecule has 30 heavy (non-hydrogen) atoms. The van der Waals surface area contributed by atoms with E-state index in [0.717, 1.165) is 36.3 Å². The predicted octanol–water partition coefficient (Wildman–Crippen LogP) is 4.23. The summed E-state index contributed by atoms with van der Waals surface area (Å²) in [6.45, 7) is 5.75. The van der Waals surface area contributed by atoms with Gasteiger partial charge in [-0.05, 0) is 49.4 Å². The van der Waals surface area contributed by atoms with Crippen LogP contribution in [0.5, 0.6) is 0 Å². The largest absolute Gasteiger partial charge is 0.354 e. The molecule has 6 nitrogen and oxygen atoms in total. The number of fused-ring (bicyclic) bond motifs is 1. The van der Waals surface area contributed by atoms with Gasteiger partial charge in [0.2, 0.25) is 5.91 Å². The molecule has 0 radical (unpaired) electrons. The van der Waals surface area contributed by atoms with Gasteiger partial charge in [-0.2, -0.15) is 5.10 Å². The van der Waals surface area contributed by atoms with Crippen LogP contribution in [0.4, 0.5) is 11.5 Å². The molecule has 0 aliphatic carbocycles. The van der Waals surface area contributed by atoms with E-state index in [0.29, 0.717) is 22.0 Å². The number of amides is 1. The fraction of sp³-hybridized carbons (Fsp3) is 0.348. The number of benzene rings is 2. The van der Waals surface area contributed by atoms with E-state index in [1.807, 2.05) is 31.2 Å². The van der Waals surface area contributed by atoms with Crippen LogP contribution < -0.4 is 15.8 Å². The highest BCUT2D eigenvalue weighted by Gasteiger charge is 2.22. The molecule has 0 bridgehead atoms. The molecule has 2 aromatic carbocycles. The molecule has 0 saturated carbocycles. The SMILES string of the molecule is Cc1ccc(NC(=O)Cn2nc(N3CCCC(C)C3)c3ccccc3c2=O)cc1Cl. The second-order valence-corrected chi connectivity index (χ2v) is 8.44. The number of nitrogens with zero attached hydrogens (tertiary/aromatic N) is 3. The summed E-state index contributed by atoms with van der Waals surface area (Å²) in [5, 5.41) is 9.40. The van der Waals surface area contributed by atoms with E-state index in [4.69, 9.17) is 11.6 Å². The standard InChI is InChI=1S/C23H25ClN4O2/c1-15-6-5-11-27(13-15)22-18-7-3-4-8-19(18)23(30)28(26-22)14-21(29)25-17-10-9-16(2)20(24)12-17/h3-4,7-10,12,15H,5-6,11,13-14H2,1-2H3,(H,25,29). The minimum Gasteiger partial charge on any atom is -0.354 e. The first-order valence-electron chi connectivity index (χ1n) is 10.2. The van der Waals surface area contributed by atoms with Crippen molar-refractivity contribution in [3.8, 4) is 0 Å². The zero-order valence-corrected chi connectivity index (χ0v) is 17.9. The van der Waals surface area contributed by atoms with Crippen LogP contribution in [0.3, 0.4) is 0 Å². The van der Waals surface area contributed by atoms with Gasteiger partial charge in [0.15, 0.2) is 5.82 Å². The molecule has 3 aromatic rings. The number of carbonyl (C=O) groups is 1. The van der Waals surface area contributed by atoms with E-state index in [1.165, 1.54) is 11.1 Å². The Bertz CT molecular complexity index is 1160. The lowest BCUT2D eigenvalue weighted by Crippen LogP contribution is -2.38. The Morgan fingerprint density at radius 1 is 1.23 bits per heavy atom. The number of halogens is 1. The Kier molecular flexibility index (Phi) is 5.77. The summed E-state index contributed by atoms with van der Waals surface area (Å²) in [7, 11) is 0. The molecular weight excluding hydrogens is 400 g/mol. The Labute approximate surface area is 180 Å². The Morgan fingerprint density at radius 3 is 2.73 bits per heavy atom. The van der Waals surface area contributed by atoms with E-state index in [2.05, 4.69) is 22.2 Å². The van der Waals surface area contributed by atoms with Gasteiger partial charge in [0.05, 0.1) is 5.39 Å². The molecule has 1 aliphatic rings. The van der Waals surface area contributed by atoms with E-state index < -0.39 is 0 Å². The van der Waals surface area contributed by atoms with E-state index in [9.17, 15) is 9.59 Å². The second kappa shape index (κ2) is 8.48. The summed E-state index contributed by atoms with van der Waals surface area (Å²) >= 11 is 6.14. The number of piperidine rings is 1. The number of hydrogen-bond donors (Lipinski definition) is 1. The third-order valence-electron chi connectivity index (χ3n) is 5.55. The van der Waals surface area contributed by atoms with Gasteiger partial charge < -0.3 is 10.2 Å². The topological polar surface area (TPSA) is 67.2 Å². The molecule has 1 fully saturated rings. The summed E-state index contributed by atoms with van der Waals surface area (Å²) in [5.41, 5.74) is 1.26. The number of anilines is 2. The highest BCUT2D eigenvalue weighted by molar-refractivity contribution is 6.31. The molecular formula is C23H25ClN4O2. The van der Waals surface area contributed by atoms with Gasteiger partial charge in [-0.15, -0.1) is 0 Å². The minimum atomic E-state index is -0.322. The van der Waals surface area contributed by atoms with Crippen molar-refractivity contribution in [2.75, 3.05) is 23.3 Å². The van der Waals surface area contributed by atoms with Crippen molar-refractivity contribution in [3.63, 3.8) is 0 Å². The number of aryl methyl sites for hydroxylation is 1. The molecule has 1 atom stereocenters. The van der Waals surface area contributed by atoms with Crippen LogP contribution in [-0.4, -0.2) is 28.8 Å². The number of carbonyl (C=O) groups excluding carboxylic acids is 1. The van der Waals surface area contributed by atoms with Crippen LogP contribution in [0.2, 0.25) is 5.02 Å². The zero-order chi connectivity index (χ0) is 21.3. The normalized spacial score (nSPS) is 16.6. The van der Waals surface area contributed by atoms with Crippen molar-refractivity contribution >= 4 is 39.8 Å². The molecule has 1 saturated heterocycles. The van der Waals surface area contributed by atoms with Crippen molar-refractivity contribution < 1.29 is 4.79 Å². The number of rotatable bonds is 4. The average Bonchev–Trinajstić information content (AvgIpc) is 2.73. The van der Waals surface area contributed by atoms with Gasteiger partial charge in [0.1, 0.15) is 6.54 Å². The second-order valence-electron chi connectivity index (χ2n) is 8.04. The van der Waals surface area contributed by atoms with Crippen molar-refractivity contribution in [2.24, 2.45) is 5.92 Å². The van der Waals surface area contributed by atoms with Crippen molar-refractivity contribution in [2.45, 2.75) is 33.2 Å². The maximum Gasteiger partial charge on any atom is 0.275 e. The maximum atomic E-state index is 13.0. The third kappa shape index (κ3) is 4.19. The van der Waals surface area contributed by atoms with Crippen LogP contribution >= 0.6 is 11.6 Å². The van der Waals surface area contributed by atoms with Gasteiger partial charge in [-0.1, -0.05) is 42.8 Å². The first-order chi connectivity index (χ1) is 14.4.